The summed E-state index contributed by atoms with van der Waals surface area (Å²) >= 11 is 5.99. The van der Waals surface area contributed by atoms with Gasteiger partial charge in [-0.3, -0.25) is 9.59 Å². The van der Waals surface area contributed by atoms with Crippen molar-refractivity contribution in [2.24, 2.45) is 5.10 Å². The van der Waals surface area contributed by atoms with Crippen molar-refractivity contribution in [3.63, 3.8) is 0 Å². The second kappa shape index (κ2) is 10.3. The van der Waals surface area contributed by atoms with Gasteiger partial charge < -0.3 is 14.4 Å². The third kappa shape index (κ3) is 5.99. The number of nitrogens with zero attached hydrogens (tertiary/aromatic N) is 2. The number of likely N-dealkylation sites (N-methyl/N-ethyl adjacent to an activating group) is 1. The van der Waals surface area contributed by atoms with Crippen LogP contribution in [0.25, 0.3) is 0 Å². The molecule has 2 aromatic rings. The Bertz CT molecular complexity index is 868. The molecular weight excluding hydrogens is 382 g/mol. The summed E-state index contributed by atoms with van der Waals surface area (Å²) in [5.74, 6) is 0.370. The Morgan fingerprint density at radius 1 is 1.14 bits per heavy atom. The van der Waals surface area contributed by atoms with Crippen molar-refractivity contribution >= 4 is 29.6 Å². The summed E-state index contributed by atoms with van der Waals surface area (Å²) in [5, 5.41) is 4.30. The predicted molar refractivity (Wildman–Crippen MR) is 108 cm³/mol. The maximum absolute atomic E-state index is 12.1. The van der Waals surface area contributed by atoms with E-state index in [2.05, 4.69) is 10.5 Å². The van der Waals surface area contributed by atoms with Crippen LogP contribution in [0.4, 0.5) is 0 Å². The number of carbonyl (C=O) groups is 2. The standard InChI is InChI=1S/C20H22ClN3O4/c1-4-27-18-11-14(9-10-17(18)28-13-19(25)24(2)3)12-22-23-20(26)15-7-5-6-8-16(15)21/h5-12H,4,13H2,1-3H3,(H,23,26)/b22-12-. The first-order chi connectivity index (χ1) is 13.4. The molecule has 0 spiro atoms. The molecular formula is C20H22ClN3O4. The third-order valence-corrected chi connectivity index (χ3v) is 3.95. The highest BCUT2D eigenvalue weighted by Gasteiger charge is 2.11. The summed E-state index contributed by atoms with van der Waals surface area (Å²) in [6, 6.07) is 11.8. The van der Waals surface area contributed by atoms with Crippen LogP contribution >= 0.6 is 11.6 Å². The van der Waals surface area contributed by atoms with Crippen LogP contribution in [0.1, 0.15) is 22.8 Å². The van der Waals surface area contributed by atoms with Gasteiger partial charge in [-0.1, -0.05) is 23.7 Å². The van der Waals surface area contributed by atoms with Crippen LogP contribution in [0.15, 0.2) is 47.6 Å². The summed E-state index contributed by atoms with van der Waals surface area (Å²) in [5.41, 5.74) is 3.46. The summed E-state index contributed by atoms with van der Waals surface area (Å²) < 4.78 is 11.1. The molecule has 2 amide bonds. The molecule has 148 valence electrons. The van der Waals surface area contributed by atoms with Gasteiger partial charge >= 0.3 is 0 Å². The number of hydrogen-bond acceptors (Lipinski definition) is 5. The quantitative estimate of drug-likeness (QED) is 0.542. The molecule has 0 saturated carbocycles. The van der Waals surface area contributed by atoms with Crippen molar-refractivity contribution < 1.29 is 19.1 Å². The number of halogens is 1. The zero-order chi connectivity index (χ0) is 20.5. The van der Waals surface area contributed by atoms with Crippen molar-refractivity contribution in [1.29, 1.82) is 0 Å². The lowest BCUT2D eigenvalue weighted by Crippen LogP contribution is -2.27. The Morgan fingerprint density at radius 2 is 1.89 bits per heavy atom. The number of ether oxygens (including phenoxy) is 2. The highest BCUT2D eigenvalue weighted by Crippen LogP contribution is 2.28. The Labute approximate surface area is 168 Å². The molecule has 0 atom stereocenters. The molecule has 0 heterocycles. The third-order valence-electron chi connectivity index (χ3n) is 3.62. The fourth-order valence-corrected chi connectivity index (χ4v) is 2.35. The van der Waals surface area contributed by atoms with Crippen LogP contribution in [0.5, 0.6) is 11.5 Å². The zero-order valence-electron chi connectivity index (χ0n) is 15.9. The fourth-order valence-electron chi connectivity index (χ4n) is 2.13. The first-order valence-electron chi connectivity index (χ1n) is 8.60. The lowest BCUT2D eigenvalue weighted by Gasteiger charge is -2.14. The molecule has 0 aromatic heterocycles. The van der Waals surface area contributed by atoms with Crippen LogP contribution in [0, 0.1) is 0 Å². The van der Waals surface area contributed by atoms with Gasteiger partial charge in [0.15, 0.2) is 18.1 Å². The lowest BCUT2D eigenvalue weighted by molar-refractivity contribution is -0.130. The minimum atomic E-state index is -0.408. The monoisotopic (exact) mass is 403 g/mol. The van der Waals surface area contributed by atoms with Crippen molar-refractivity contribution in [1.82, 2.24) is 10.3 Å². The van der Waals surface area contributed by atoms with Crippen LogP contribution in [0.2, 0.25) is 5.02 Å². The van der Waals surface area contributed by atoms with Gasteiger partial charge in [0.25, 0.3) is 11.8 Å². The zero-order valence-corrected chi connectivity index (χ0v) is 16.7. The molecule has 28 heavy (non-hydrogen) atoms. The number of rotatable bonds is 8. The van der Waals surface area contributed by atoms with Crippen LogP contribution in [-0.2, 0) is 4.79 Å². The fraction of sp³-hybridized carbons (Fsp3) is 0.250. The minimum absolute atomic E-state index is 0.0889. The molecule has 2 aromatic carbocycles. The number of hydrogen-bond donors (Lipinski definition) is 1. The molecule has 0 aliphatic rings. The van der Waals surface area contributed by atoms with E-state index in [1.807, 2.05) is 6.92 Å². The Balaban J connectivity index is 2.06. The first kappa shape index (κ1) is 21.2. The van der Waals surface area contributed by atoms with E-state index in [4.69, 9.17) is 21.1 Å². The van der Waals surface area contributed by atoms with Gasteiger partial charge in [-0.25, -0.2) is 5.43 Å². The maximum Gasteiger partial charge on any atom is 0.272 e. The Hall–Kier alpha value is -3.06. The predicted octanol–water partition coefficient (Wildman–Crippen LogP) is 2.97. The normalized spacial score (nSPS) is 10.6. The first-order valence-corrected chi connectivity index (χ1v) is 8.98. The molecule has 2 rings (SSSR count). The number of amides is 2. The van der Waals surface area contributed by atoms with Crippen molar-refractivity contribution in [3.8, 4) is 11.5 Å². The van der Waals surface area contributed by atoms with Crippen molar-refractivity contribution in [3.05, 3.63) is 58.6 Å². The van der Waals surface area contributed by atoms with Crippen molar-refractivity contribution in [2.75, 3.05) is 27.3 Å². The summed E-state index contributed by atoms with van der Waals surface area (Å²) in [6.07, 6.45) is 1.48. The molecule has 0 bridgehead atoms. The van der Waals surface area contributed by atoms with E-state index in [-0.39, 0.29) is 12.5 Å². The van der Waals surface area contributed by atoms with Gasteiger partial charge in [-0.15, -0.1) is 0 Å². The average Bonchev–Trinajstić information content (AvgIpc) is 2.67. The number of nitrogens with one attached hydrogen (secondary N) is 1. The van der Waals surface area contributed by atoms with Gasteiger partial charge in [-0.2, -0.15) is 5.10 Å². The second-order valence-corrected chi connectivity index (χ2v) is 6.30. The number of benzene rings is 2. The highest BCUT2D eigenvalue weighted by atomic mass is 35.5. The smallest absolute Gasteiger partial charge is 0.272 e. The minimum Gasteiger partial charge on any atom is -0.490 e. The summed E-state index contributed by atoms with van der Waals surface area (Å²) in [6.45, 7) is 2.19. The lowest BCUT2D eigenvalue weighted by atomic mass is 10.2. The van der Waals surface area contributed by atoms with Crippen LogP contribution in [0.3, 0.4) is 0 Å². The number of hydrazone groups is 1. The highest BCUT2D eigenvalue weighted by molar-refractivity contribution is 6.33. The number of carbonyl (C=O) groups excluding carboxylic acids is 2. The van der Waals surface area contributed by atoms with E-state index >= 15 is 0 Å². The van der Waals surface area contributed by atoms with E-state index < -0.39 is 5.91 Å². The van der Waals surface area contributed by atoms with E-state index in [0.717, 1.165) is 0 Å². The topological polar surface area (TPSA) is 80.2 Å². The van der Waals surface area contributed by atoms with Crippen molar-refractivity contribution in [2.45, 2.75) is 6.92 Å². The van der Waals surface area contributed by atoms with E-state index in [1.165, 1.54) is 11.1 Å². The van der Waals surface area contributed by atoms with Crippen LogP contribution < -0.4 is 14.9 Å². The average molecular weight is 404 g/mol. The molecule has 0 aliphatic carbocycles. The second-order valence-electron chi connectivity index (χ2n) is 5.89. The molecule has 7 nitrogen and oxygen atoms in total. The van der Waals surface area contributed by atoms with Gasteiger partial charge in [0.05, 0.1) is 23.4 Å². The van der Waals surface area contributed by atoms with Crippen LogP contribution in [-0.4, -0.2) is 50.2 Å². The molecule has 8 heteroatoms. The molecule has 0 aliphatic heterocycles. The van der Waals surface area contributed by atoms with Gasteiger partial charge in [0, 0.05) is 14.1 Å². The molecule has 0 unspecified atom stereocenters. The largest absolute Gasteiger partial charge is 0.490 e. The molecule has 1 N–H and O–H groups in total. The van der Waals surface area contributed by atoms with E-state index in [1.54, 1.807) is 56.6 Å². The maximum atomic E-state index is 12.1. The van der Waals surface area contributed by atoms with Gasteiger partial charge in [-0.05, 0) is 42.8 Å². The Morgan fingerprint density at radius 3 is 2.57 bits per heavy atom. The SMILES string of the molecule is CCOc1cc(/C=N\NC(=O)c2ccccc2Cl)ccc1OCC(=O)N(C)C. The summed E-state index contributed by atoms with van der Waals surface area (Å²) in [4.78, 5) is 25.2. The van der Waals surface area contributed by atoms with Gasteiger partial charge in [0.1, 0.15) is 0 Å². The summed E-state index contributed by atoms with van der Waals surface area (Å²) in [7, 11) is 3.32. The van der Waals surface area contributed by atoms with Gasteiger partial charge in [0.2, 0.25) is 0 Å². The molecule has 0 fully saturated rings. The molecule has 0 saturated heterocycles. The Kier molecular flexibility index (Phi) is 7.83. The molecule has 0 radical (unpaired) electrons. The van der Waals surface area contributed by atoms with E-state index in [0.29, 0.717) is 34.3 Å². The van der Waals surface area contributed by atoms with E-state index in [9.17, 15) is 9.59 Å².